The van der Waals surface area contributed by atoms with Crippen LogP contribution in [0.1, 0.15) is 42.6 Å². The molecule has 5 heteroatoms. The van der Waals surface area contributed by atoms with Gasteiger partial charge in [0.1, 0.15) is 0 Å². The van der Waals surface area contributed by atoms with Crippen molar-refractivity contribution in [2.75, 3.05) is 0 Å². The molecule has 2 aromatic heterocycles. The van der Waals surface area contributed by atoms with Gasteiger partial charge in [0.2, 0.25) is 5.95 Å². The van der Waals surface area contributed by atoms with Gasteiger partial charge in [0.25, 0.3) is 0 Å². The molecule has 4 nitrogen and oxygen atoms in total. The van der Waals surface area contributed by atoms with E-state index in [1.807, 2.05) is 38.1 Å². The van der Waals surface area contributed by atoms with Crippen molar-refractivity contribution in [2.45, 2.75) is 25.8 Å². The fraction of sp³-hybridized carbons (Fsp3) is 0.222. The number of rotatable bonds is 4. The van der Waals surface area contributed by atoms with E-state index in [0.29, 0.717) is 17.0 Å². The quantitative estimate of drug-likeness (QED) is 0.738. The van der Waals surface area contributed by atoms with Crippen LogP contribution in [-0.2, 0) is 0 Å². The highest BCUT2D eigenvalue weighted by Crippen LogP contribution is 2.26. The van der Waals surface area contributed by atoms with Gasteiger partial charge in [-0.3, -0.25) is 0 Å². The van der Waals surface area contributed by atoms with E-state index in [2.05, 4.69) is 10.1 Å². The van der Waals surface area contributed by atoms with E-state index >= 15 is 0 Å². The van der Waals surface area contributed by atoms with Crippen molar-refractivity contribution in [3.05, 3.63) is 71.4 Å². The molecule has 2 heterocycles. The molecule has 0 amide bonds. The van der Waals surface area contributed by atoms with Crippen LogP contribution in [0.15, 0.2) is 53.2 Å². The lowest BCUT2D eigenvalue weighted by atomic mass is 9.99. The van der Waals surface area contributed by atoms with Crippen molar-refractivity contribution in [3.63, 3.8) is 0 Å². The summed E-state index contributed by atoms with van der Waals surface area (Å²) in [5.41, 5.74) is 9.06. The Morgan fingerprint density at radius 2 is 1.96 bits per heavy atom. The van der Waals surface area contributed by atoms with Crippen LogP contribution in [0, 0.1) is 5.95 Å². The maximum Gasteiger partial charge on any atom is 0.216 e. The van der Waals surface area contributed by atoms with Crippen LogP contribution in [0.4, 0.5) is 4.39 Å². The summed E-state index contributed by atoms with van der Waals surface area (Å²) in [6.45, 7) is 3.86. The number of pyridine rings is 1. The van der Waals surface area contributed by atoms with Crippen LogP contribution >= 0.6 is 0 Å². The number of aromatic nitrogens is 2. The number of nitrogens with two attached hydrogens (primary N) is 1. The Morgan fingerprint density at radius 1 is 1.13 bits per heavy atom. The first-order valence-electron chi connectivity index (χ1n) is 7.49. The van der Waals surface area contributed by atoms with E-state index in [1.165, 1.54) is 0 Å². The maximum atomic E-state index is 14.1. The van der Waals surface area contributed by atoms with Crippen molar-refractivity contribution in [1.29, 1.82) is 0 Å². The van der Waals surface area contributed by atoms with E-state index in [0.717, 1.165) is 11.1 Å². The SMILES string of the molecule is CC(C)c1ccc(C(N)c2cccc(-c3ccno3)c2)nc1F. The monoisotopic (exact) mass is 311 g/mol. The smallest absolute Gasteiger partial charge is 0.216 e. The topological polar surface area (TPSA) is 64.9 Å². The highest BCUT2D eigenvalue weighted by molar-refractivity contribution is 5.58. The van der Waals surface area contributed by atoms with Gasteiger partial charge in [0.15, 0.2) is 5.76 Å². The van der Waals surface area contributed by atoms with E-state index in [1.54, 1.807) is 24.4 Å². The van der Waals surface area contributed by atoms with Crippen LogP contribution in [-0.4, -0.2) is 10.1 Å². The third-order valence-corrected chi connectivity index (χ3v) is 3.81. The summed E-state index contributed by atoms with van der Waals surface area (Å²) in [6.07, 6.45) is 1.59. The first-order valence-corrected chi connectivity index (χ1v) is 7.49. The third kappa shape index (κ3) is 3.14. The van der Waals surface area contributed by atoms with Crippen molar-refractivity contribution >= 4 is 0 Å². The summed E-state index contributed by atoms with van der Waals surface area (Å²) in [7, 11) is 0. The van der Waals surface area contributed by atoms with Crippen LogP contribution in [0.5, 0.6) is 0 Å². The highest BCUT2D eigenvalue weighted by atomic mass is 19.1. The molecule has 0 aliphatic heterocycles. The summed E-state index contributed by atoms with van der Waals surface area (Å²) in [5, 5.41) is 3.70. The number of hydrogen-bond donors (Lipinski definition) is 1. The molecule has 0 aliphatic rings. The summed E-state index contributed by atoms with van der Waals surface area (Å²) in [5.74, 6) is 0.287. The van der Waals surface area contributed by atoms with Gasteiger partial charge in [-0.1, -0.05) is 43.3 Å². The fourth-order valence-corrected chi connectivity index (χ4v) is 2.48. The standard InChI is InChI=1S/C18H18FN3O/c1-11(2)14-6-7-15(22-18(14)19)17(20)13-5-3-4-12(10-13)16-8-9-21-23-16/h3-11,17H,20H2,1-2H3. The molecule has 0 radical (unpaired) electrons. The Kier molecular flexibility index (Phi) is 4.21. The lowest BCUT2D eigenvalue weighted by Crippen LogP contribution is -2.15. The largest absolute Gasteiger partial charge is 0.356 e. The molecule has 3 aromatic rings. The number of hydrogen-bond acceptors (Lipinski definition) is 4. The minimum Gasteiger partial charge on any atom is -0.356 e. The van der Waals surface area contributed by atoms with Gasteiger partial charge in [-0.05, 0) is 23.6 Å². The predicted octanol–water partition coefficient (Wildman–Crippen LogP) is 4.05. The molecular weight excluding hydrogens is 293 g/mol. The zero-order valence-corrected chi connectivity index (χ0v) is 13.0. The third-order valence-electron chi connectivity index (χ3n) is 3.81. The van der Waals surface area contributed by atoms with Crippen LogP contribution in [0.2, 0.25) is 0 Å². The molecule has 1 unspecified atom stereocenters. The molecule has 0 fully saturated rings. The normalized spacial score (nSPS) is 12.6. The lowest BCUT2D eigenvalue weighted by Gasteiger charge is -2.14. The first-order chi connectivity index (χ1) is 11.1. The Balaban J connectivity index is 1.93. The van der Waals surface area contributed by atoms with Gasteiger partial charge in [-0.2, -0.15) is 4.39 Å². The van der Waals surface area contributed by atoms with E-state index in [4.69, 9.17) is 10.3 Å². The molecule has 0 spiro atoms. The average molecular weight is 311 g/mol. The van der Waals surface area contributed by atoms with Gasteiger partial charge < -0.3 is 10.3 Å². The molecule has 2 N–H and O–H groups in total. The second kappa shape index (κ2) is 6.30. The van der Waals surface area contributed by atoms with Crippen molar-refractivity contribution < 1.29 is 8.91 Å². The molecule has 1 aromatic carbocycles. The van der Waals surface area contributed by atoms with Gasteiger partial charge in [-0.15, -0.1) is 0 Å². The number of benzene rings is 1. The van der Waals surface area contributed by atoms with Crippen molar-refractivity contribution in [3.8, 4) is 11.3 Å². The van der Waals surface area contributed by atoms with E-state index in [9.17, 15) is 4.39 Å². The second-order valence-electron chi connectivity index (χ2n) is 5.75. The van der Waals surface area contributed by atoms with Gasteiger partial charge >= 0.3 is 0 Å². The summed E-state index contributed by atoms with van der Waals surface area (Å²) in [6, 6.07) is 12.4. The molecule has 0 aliphatic carbocycles. The zero-order valence-electron chi connectivity index (χ0n) is 13.0. The highest BCUT2D eigenvalue weighted by Gasteiger charge is 2.15. The predicted molar refractivity (Wildman–Crippen MR) is 86.3 cm³/mol. The van der Waals surface area contributed by atoms with E-state index < -0.39 is 12.0 Å². The average Bonchev–Trinajstić information content (AvgIpc) is 3.08. The van der Waals surface area contributed by atoms with Crippen LogP contribution < -0.4 is 5.73 Å². The Labute approximate surface area is 134 Å². The molecular formula is C18H18FN3O. The summed E-state index contributed by atoms with van der Waals surface area (Å²) >= 11 is 0. The maximum absolute atomic E-state index is 14.1. The Morgan fingerprint density at radius 3 is 2.61 bits per heavy atom. The number of nitrogens with zero attached hydrogens (tertiary/aromatic N) is 2. The van der Waals surface area contributed by atoms with Gasteiger partial charge in [0, 0.05) is 17.2 Å². The first kappa shape index (κ1) is 15.4. The second-order valence-corrected chi connectivity index (χ2v) is 5.75. The summed E-state index contributed by atoms with van der Waals surface area (Å²) in [4.78, 5) is 4.04. The van der Waals surface area contributed by atoms with Crippen molar-refractivity contribution in [1.82, 2.24) is 10.1 Å². The summed E-state index contributed by atoms with van der Waals surface area (Å²) < 4.78 is 19.2. The Hall–Kier alpha value is -2.53. The minimum atomic E-state index is -0.506. The van der Waals surface area contributed by atoms with E-state index in [-0.39, 0.29) is 5.92 Å². The van der Waals surface area contributed by atoms with Gasteiger partial charge in [-0.25, -0.2) is 4.98 Å². The molecule has 1 atom stereocenters. The number of halogens is 1. The Bertz CT molecular complexity index is 800. The molecule has 118 valence electrons. The van der Waals surface area contributed by atoms with Crippen LogP contribution in [0.3, 0.4) is 0 Å². The molecule has 0 saturated heterocycles. The lowest BCUT2D eigenvalue weighted by molar-refractivity contribution is 0.432. The zero-order chi connectivity index (χ0) is 16.4. The minimum absolute atomic E-state index is 0.0857. The van der Waals surface area contributed by atoms with Gasteiger partial charge in [0.05, 0.1) is 17.9 Å². The molecule has 0 saturated carbocycles. The molecule has 0 bridgehead atoms. The molecule has 23 heavy (non-hydrogen) atoms. The van der Waals surface area contributed by atoms with Crippen LogP contribution in [0.25, 0.3) is 11.3 Å². The molecule has 3 rings (SSSR count). The van der Waals surface area contributed by atoms with Crippen molar-refractivity contribution in [2.24, 2.45) is 5.73 Å². The fourth-order valence-electron chi connectivity index (χ4n) is 2.48.